The number of H-pyrrole nitrogens is 1. The maximum Gasteiger partial charge on any atom is 0.280 e. The molecule has 1 aromatic carbocycles. The van der Waals surface area contributed by atoms with Crippen LogP contribution in [0.4, 0.5) is 0 Å². The van der Waals surface area contributed by atoms with E-state index in [4.69, 9.17) is 5.26 Å². The van der Waals surface area contributed by atoms with Crippen molar-refractivity contribution in [1.29, 1.82) is 5.26 Å². The third-order valence-electron chi connectivity index (χ3n) is 4.73. The number of aromatic nitrogens is 3. The predicted octanol–water partition coefficient (Wildman–Crippen LogP) is 1.14. The molecule has 0 unspecified atom stereocenters. The van der Waals surface area contributed by atoms with Crippen LogP contribution >= 0.6 is 0 Å². The lowest BCUT2D eigenvalue weighted by molar-refractivity contribution is 0.0857. The van der Waals surface area contributed by atoms with Gasteiger partial charge in [-0.1, -0.05) is 12.1 Å². The Bertz CT molecular complexity index is 1100. The smallest absolute Gasteiger partial charge is 0.280 e. The van der Waals surface area contributed by atoms with Gasteiger partial charge in [0, 0.05) is 25.5 Å². The third-order valence-corrected chi connectivity index (χ3v) is 4.73. The Hall–Kier alpha value is -3.70. The number of carbonyl (C=O) groups is 1. The van der Waals surface area contributed by atoms with Crippen molar-refractivity contribution in [2.24, 2.45) is 0 Å². The quantitative estimate of drug-likeness (QED) is 0.712. The summed E-state index contributed by atoms with van der Waals surface area (Å²) in [4.78, 5) is 31.3. The lowest BCUT2D eigenvalue weighted by Crippen LogP contribution is -2.57. The number of pyridine rings is 1. The fourth-order valence-electron chi connectivity index (χ4n) is 3.18. The molecule has 1 amide bonds. The SMILES string of the molecule is CN1CC(NC(=O)c2ccc(-n3[nH]cc(-c4ccc(C#N)cc4)c3=O)nc2)C1. The number of carbonyl (C=O) groups excluding carboxylic acids is 1. The zero-order chi connectivity index (χ0) is 19.7. The van der Waals surface area contributed by atoms with Crippen LogP contribution in [0, 0.1) is 11.3 Å². The molecule has 2 aromatic heterocycles. The highest BCUT2D eigenvalue weighted by Crippen LogP contribution is 2.16. The van der Waals surface area contributed by atoms with Gasteiger partial charge >= 0.3 is 0 Å². The van der Waals surface area contributed by atoms with Crippen molar-refractivity contribution in [1.82, 2.24) is 25.0 Å². The van der Waals surface area contributed by atoms with Crippen LogP contribution in [0.3, 0.4) is 0 Å². The molecule has 1 aliphatic heterocycles. The number of hydrogen-bond acceptors (Lipinski definition) is 5. The van der Waals surface area contributed by atoms with Crippen LogP contribution < -0.4 is 10.9 Å². The zero-order valence-corrected chi connectivity index (χ0v) is 15.2. The summed E-state index contributed by atoms with van der Waals surface area (Å²) in [5, 5.41) is 14.7. The minimum Gasteiger partial charge on any atom is -0.347 e. The Morgan fingerprint density at radius 1 is 1.25 bits per heavy atom. The fraction of sp³-hybridized carbons (Fsp3) is 0.200. The van der Waals surface area contributed by atoms with Crippen molar-refractivity contribution in [2.45, 2.75) is 6.04 Å². The summed E-state index contributed by atoms with van der Waals surface area (Å²) in [6, 6.07) is 12.3. The van der Waals surface area contributed by atoms with Crippen molar-refractivity contribution in [3.05, 3.63) is 70.3 Å². The average Bonchev–Trinajstić information content (AvgIpc) is 3.08. The third kappa shape index (κ3) is 3.31. The number of aromatic amines is 1. The molecule has 3 heterocycles. The van der Waals surface area contributed by atoms with Gasteiger partial charge in [0.2, 0.25) is 0 Å². The van der Waals surface area contributed by atoms with Crippen LogP contribution in [-0.2, 0) is 0 Å². The van der Waals surface area contributed by atoms with Gasteiger partial charge in [-0.2, -0.15) is 5.26 Å². The molecule has 0 saturated carbocycles. The van der Waals surface area contributed by atoms with Gasteiger partial charge in [0.05, 0.1) is 28.8 Å². The molecule has 0 spiro atoms. The highest BCUT2D eigenvalue weighted by Gasteiger charge is 2.25. The van der Waals surface area contributed by atoms with E-state index in [0.717, 1.165) is 13.1 Å². The van der Waals surface area contributed by atoms with Gasteiger partial charge in [-0.3, -0.25) is 14.7 Å². The molecule has 8 nitrogen and oxygen atoms in total. The maximum atomic E-state index is 12.7. The number of amides is 1. The van der Waals surface area contributed by atoms with Gasteiger partial charge < -0.3 is 10.2 Å². The Kier molecular flexibility index (Phi) is 4.51. The number of rotatable bonds is 4. The molecule has 1 aliphatic rings. The van der Waals surface area contributed by atoms with E-state index in [1.807, 2.05) is 7.05 Å². The summed E-state index contributed by atoms with van der Waals surface area (Å²) < 4.78 is 1.32. The lowest BCUT2D eigenvalue weighted by Gasteiger charge is -2.36. The van der Waals surface area contributed by atoms with Crippen molar-refractivity contribution >= 4 is 5.91 Å². The minimum atomic E-state index is -0.257. The Morgan fingerprint density at radius 3 is 2.61 bits per heavy atom. The summed E-state index contributed by atoms with van der Waals surface area (Å²) in [5.74, 6) is 0.221. The molecule has 2 N–H and O–H groups in total. The standard InChI is InChI=1S/C20H18N6O2/c1-25-11-16(12-25)24-19(27)15-6-7-18(22-9-15)26-20(28)17(10-23-26)14-4-2-13(8-21)3-5-14/h2-7,9-10,16,23H,11-12H2,1H3,(H,24,27). The van der Waals surface area contributed by atoms with E-state index in [1.165, 1.54) is 10.9 Å². The number of nitriles is 1. The summed E-state index contributed by atoms with van der Waals surface area (Å²) in [6.45, 7) is 1.68. The second-order valence-electron chi connectivity index (χ2n) is 6.81. The van der Waals surface area contributed by atoms with Crippen LogP contribution in [0.2, 0.25) is 0 Å². The molecular weight excluding hydrogens is 356 g/mol. The molecule has 28 heavy (non-hydrogen) atoms. The Labute approximate surface area is 161 Å². The van der Waals surface area contributed by atoms with Crippen LogP contribution in [0.15, 0.2) is 53.6 Å². The predicted molar refractivity (Wildman–Crippen MR) is 103 cm³/mol. The number of nitrogens with zero attached hydrogens (tertiary/aromatic N) is 4. The second-order valence-corrected chi connectivity index (χ2v) is 6.81. The molecule has 8 heteroatoms. The average molecular weight is 374 g/mol. The number of likely N-dealkylation sites (N-methyl/N-ethyl adjacent to an activating group) is 1. The Morgan fingerprint density at radius 2 is 2.00 bits per heavy atom. The van der Waals surface area contributed by atoms with Crippen molar-refractivity contribution < 1.29 is 4.79 Å². The topological polar surface area (TPSA) is 107 Å². The summed E-state index contributed by atoms with van der Waals surface area (Å²) in [7, 11) is 2.00. The fourth-order valence-corrected chi connectivity index (χ4v) is 3.18. The van der Waals surface area contributed by atoms with Crippen molar-refractivity contribution in [3.8, 4) is 23.0 Å². The number of nitrogens with one attached hydrogen (secondary N) is 2. The first-order valence-electron chi connectivity index (χ1n) is 8.82. The van der Waals surface area contributed by atoms with Gasteiger partial charge in [0.15, 0.2) is 5.82 Å². The maximum absolute atomic E-state index is 12.7. The van der Waals surface area contributed by atoms with Crippen LogP contribution in [0.5, 0.6) is 0 Å². The summed E-state index contributed by atoms with van der Waals surface area (Å²) in [5.41, 5.74) is 1.91. The van der Waals surface area contributed by atoms with E-state index in [0.29, 0.717) is 28.1 Å². The first kappa shape index (κ1) is 17.7. The molecule has 3 aromatic rings. The van der Waals surface area contributed by atoms with E-state index in [2.05, 4.69) is 26.4 Å². The van der Waals surface area contributed by atoms with Crippen molar-refractivity contribution in [2.75, 3.05) is 20.1 Å². The highest BCUT2D eigenvalue weighted by molar-refractivity contribution is 5.94. The van der Waals surface area contributed by atoms with E-state index in [-0.39, 0.29) is 17.5 Å². The molecule has 0 aliphatic carbocycles. The van der Waals surface area contributed by atoms with E-state index in [1.54, 1.807) is 42.6 Å². The van der Waals surface area contributed by atoms with E-state index in [9.17, 15) is 9.59 Å². The molecule has 1 saturated heterocycles. The van der Waals surface area contributed by atoms with Gasteiger partial charge in [0.25, 0.3) is 11.5 Å². The first-order chi connectivity index (χ1) is 13.5. The summed E-state index contributed by atoms with van der Waals surface area (Å²) in [6.07, 6.45) is 3.06. The summed E-state index contributed by atoms with van der Waals surface area (Å²) >= 11 is 0. The second kappa shape index (κ2) is 7.13. The Balaban J connectivity index is 1.53. The molecule has 4 rings (SSSR count). The van der Waals surface area contributed by atoms with Gasteiger partial charge in [-0.25, -0.2) is 9.67 Å². The molecule has 1 fully saturated rings. The van der Waals surface area contributed by atoms with Crippen LogP contribution in [0.25, 0.3) is 16.9 Å². The zero-order valence-electron chi connectivity index (χ0n) is 15.2. The molecular formula is C20H18N6O2. The van der Waals surface area contributed by atoms with E-state index < -0.39 is 0 Å². The number of hydrogen-bond donors (Lipinski definition) is 2. The number of likely N-dealkylation sites (tertiary alicyclic amines) is 1. The van der Waals surface area contributed by atoms with E-state index >= 15 is 0 Å². The number of benzene rings is 1. The first-order valence-corrected chi connectivity index (χ1v) is 8.82. The van der Waals surface area contributed by atoms with Gasteiger partial charge in [-0.05, 0) is 36.9 Å². The molecule has 140 valence electrons. The lowest BCUT2D eigenvalue weighted by atomic mass is 10.1. The monoisotopic (exact) mass is 374 g/mol. The normalized spacial score (nSPS) is 14.3. The van der Waals surface area contributed by atoms with Crippen molar-refractivity contribution in [3.63, 3.8) is 0 Å². The van der Waals surface area contributed by atoms with Gasteiger partial charge in [-0.15, -0.1) is 0 Å². The highest BCUT2D eigenvalue weighted by atomic mass is 16.2. The molecule has 0 radical (unpaired) electrons. The van der Waals surface area contributed by atoms with Gasteiger partial charge in [0.1, 0.15) is 0 Å². The minimum absolute atomic E-state index is 0.165. The molecule has 0 atom stereocenters. The molecule has 0 bridgehead atoms. The van der Waals surface area contributed by atoms with Crippen LogP contribution in [-0.4, -0.2) is 51.8 Å². The largest absolute Gasteiger partial charge is 0.347 e. The van der Waals surface area contributed by atoms with Crippen LogP contribution in [0.1, 0.15) is 15.9 Å².